The summed E-state index contributed by atoms with van der Waals surface area (Å²) in [6.45, 7) is 0. The van der Waals surface area contributed by atoms with Crippen LogP contribution in [0.3, 0.4) is 0 Å². The molecule has 0 aliphatic rings. The third kappa shape index (κ3) is 8.69. The van der Waals surface area contributed by atoms with Gasteiger partial charge in [0.1, 0.15) is 0 Å². The molecule has 0 bridgehead atoms. The number of primary amides is 2. The number of rotatable bonds is 12. The highest BCUT2D eigenvalue weighted by atomic mass is 16.2. The zero-order valence-electron chi connectivity index (χ0n) is 17.4. The highest BCUT2D eigenvalue weighted by Gasteiger charge is 2.07. The lowest BCUT2D eigenvalue weighted by Gasteiger charge is -2.07. The molecule has 0 aliphatic carbocycles. The van der Waals surface area contributed by atoms with E-state index < -0.39 is 11.8 Å². The van der Waals surface area contributed by atoms with Gasteiger partial charge in [0.15, 0.2) is 0 Å². The first-order valence-corrected chi connectivity index (χ1v) is 10.2. The maximum absolute atomic E-state index is 12.0. The minimum atomic E-state index is -0.538. The van der Waals surface area contributed by atoms with Crippen LogP contribution in [0.1, 0.15) is 65.7 Å². The van der Waals surface area contributed by atoms with Gasteiger partial charge in [-0.2, -0.15) is 0 Å². The van der Waals surface area contributed by atoms with Gasteiger partial charge in [0.25, 0.3) is 0 Å². The molecule has 164 valence electrons. The molecule has 2 aromatic carbocycles. The van der Waals surface area contributed by atoms with Gasteiger partial charge in [-0.3, -0.25) is 19.2 Å². The van der Waals surface area contributed by atoms with Gasteiger partial charge in [-0.15, -0.1) is 0 Å². The summed E-state index contributed by atoms with van der Waals surface area (Å²) in [5.74, 6) is -1.30. The fourth-order valence-corrected chi connectivity index (χ4v) is 3.05. The van der Waals surface area contributed by atoms with Crippen molar-refractivity contribution in [3.63, 3.8) is 0 Å². The number of unbranched alkanes of at least 4 members (excludes halogenated alkanes) is 4. The molecule has 0 saturated carbocycles. The highest BCUT2D eigenvalue weighted by Crippen LogP contribution is 2.14. The quantitative estimate of drug-likeness (QED) is 0.388. The predicted octanol–water partition coefficient (Wildman–Crippen LogP) is 3.19. The molecule has 0 radical (unpaired) electrons. The summed E-state index contributed by atoms with van der Waals surface area (Å²) in [6, 6.07) is 13.0. The molecule has 2 aromatic rings. The number of anilines is 2. The van der Waals surface area contributed by atoms with Crippen LogP contribution in [-0.4, -0.2) is 23.6 Å². The number of nitrogens with one attached hydrogen (secondary N) is 2. The first-order chi connectivity index (χ1) is 14.8. The smallest absolute Gasteiger partial charge is 0.248 e. The molecule has 0 aromatic heterocycles. The van der Waals surface area contributed by atoms with Crippen molar-refractivity contribution in [1.29, 1.82) is 0 Å². The van der Waals surface area contributed by atoms with Crippen molar-refractivity contribution < 1.29 is 19.2 Å². The molecule has 0 aliphatic heterocycles. The molecule has 0 heterocycles. The Morgan fingerprint density at radius 1 is 0.613 bits per heavy atom. The van der Waals surface area contributed by atoms with Crippen LogP contribution in [0.2, 0.25) is 0 Å². The number of nitrogens with two attached hydrogens (primary N) is 2. The van der Waals surface area contributed by atoms with E-state index in [1.165, 1.54) is 0 Å². The summed E-state index contributed by atoms with van der Waals surface area (Å²) in [4.78, 5) is 46.4. The summed E-state index contributed by atoms with van der Waals surface area (Å²) in [5, 5.41) is 5.52. The van der Waals surface area contributed by atoms with Gasteiger partial charge in [-0.1, -0.05) is 31.4 Å². The van der Waals surface area contributed by atoms with E-state index in [9.17, 15) is 19.2 Å². The topological polar surface area (TPSA) is 144 Å². The summed E-state index contributed by atoms with van der Waals surface area (Å²) < 4.78 is 0. The Balaban J connectivity index is 1.57. The monoisotopic (exact) mass is 424 g/mol. The van der Waals surface area contributed by atoms with Crippen molar-refractivity contribution in [3.8, 4) is 0 Å². The molecule has 6 N–H and O–H groups in total. The normalized spacial score (nSPS) is 10.3. The highest BCUT2D eigenvalue weighted by molar-refractivity contribution is 5.97. The van der Waals surface area contributed by atoms with E-state index in [0.717, 1.165) is 32.1 Å². The van der Waals surface area contributed by atoms with E-state index in [0.29, 0.717) is 35.3 Å². The zero-order chi connectivity index (χ0) is 22.6. The van der Waals surface area contributed by atoms with Crippen LogP contribution < -0.4 is 22.1 Å². The van der Waals surface area contributed by atoms with Crippen molar-refractivity contribution in [2.75, 3.05) is 10.6 Å². The lowest BCUT2D eigenvalue weighted by atomic mass is 10.1. The average Bonchev–Trinajstić information content (AvgIpc) is 2.73. The third-order valence-corrected chi connectivity index (χ3v) is 4.67. The average molecular weight is 425 g/mol. The van der Waals surface area contributed by atoms with E-state index in [1.807, 2.05) is 0 Å². The van der Waals surface area contributed by atoms with Gasteiger partial charge in [-0.05, 0) is 49.2 Å². The van der Waals surface area contributed by atoms with E-state index in [2.05, 4.69) is 10.6 Å². The van der Waals surface area contributed by atoms with Crippen molar-refractivity contribution in [2.45, 2.75) is 44.9 Å². The lowest BCUT2D eigenvalue weighted by Crippen LogP contribution is -2.14. The van der Waals surface area contributed by atoms with Crippen LogP contribution >= 0.6 is 0 Å². The second-order valence-electron chi connectivity index (χ2n) is 7.25. The second kappa shape index (κ2) is 12.1. The number of carbonyl (C=O) groups is 4. The van der Waals surface area contributed by atoms with Crippen LogP contribution in [0, 0.1) is 0 Å². The largest absolute Gasteiger partial charge is 0.366 e. The minimum absolute atomic E-state index is 0.112. The fourth-order valence-electron chi connectivity index (χ4n) is 3.05. The van der Waals surface area contributed by atoms with Gasteiger partial charge in [0.05, 0.1) is 0 Å². The molecular weight excluding hydrogens is 396 g/mol. The van der Waals surface area contributed by atoms with Gasteiger partial charge >= 0.3 is 0 Å². The van der Waals surface area contributed by atoms with Crippen LogP contribution in [0.4, 0.5) is 11.4 Å². The number of hydrogen-bond acceptors (Lipinski definition) is 4. The van der Waals surface area contributed by atoms with Gasteiger partial charge in [0.2, 0.25) is 23.6 Å². The zero-order valence-corrected chi connectivity index (χ0v) is 17.4. The Hall–Kier alpha value is -3.68. The molecule has 4 amide bonds. The van der Waals surface area contributed by atoms with E-state index in [-0.39, 0.29) is 11.8 Å². The maximum atomic E-state index is 12.0. The second-order valence-corrected chi connectivity index (χ2v) is 7.25. The first-order valence-electron chi connectivity index (χ1n) is 10.2. The Morgan fingerprint density at radius 2 is 1.00 bits per heavy atom. The van der Waals surface area contributed by atoms with Gasteiger partial charge in [-0.25, -0.2) is 0 Å². The van der Waals surface area contributed by atoms with Crippen LogP contribution in [0.5, 0.6) is 0 Å². The standard InChI is InChI=1S/C23H28N4O4/c24-22(30)16-8-6-10-18(14-16)26-20(28)12-4-2-1-3-5-13-21(29)27-19-11-7-9-17(15-19)23(25)31/h6-11,14-15H,1-5,12-13H2,(H2,24,30)(H2,25,31)(H,26,28)(H,27,29). The Bertz CT molecular complexity index is 867. The number of carbonyl (C=O) groups excluding carboxylic acids is 4. The molecule has 0 fully saturated rings. The maximum Gasteiger partial charge on any atom is 0.248 e. The predicted molar refractivity (Wildman–Crippen MR) is 119 cm³/mol. The lowest BCUT2D eigenvalue weighted by molar-refractivity contribution is -0.117. The first kappa shape index (κ1) is 23.6. The number of amides is 4. The van der Waals surface area contributed by atoms with Crippen molar-refractivity contribution in [1.82, 2.24) is 0 Å². The fraction of sp³-hybridized carbons (Fsp3) is 0.304. The molecule has 8 nitrogen and oxygen atoms in total. The van der Waals surface area contributed by atoms with Gasteiger partial charge in [0, 0.05) is 35.3 Å². The molecule has 0 saturated heterocycles. The summed E-state index contributed by atoms with van der Waals surface area (Å²) >= 11 is 0. The Labute approximate surface area is 181 Å². The van der Waals surface area contributed by atoms with Gasteiger partial charge < -0.3 is 22.1 Å². The molecule has 0 unspecified atom stereocenters. The van der Waals surface area contributed by atoms with Crippen LogP contribution in [-0.2, 0) is 9.59 Å². The molecule has 0 spiro atoms. The molecular formula is C23H28N4O4. The van der Waals surface area contributed by atoms with Crippen molar-refractivity contribution in [3.05, 3.63) is 59.7 Å². The van der Waals surface area contributed by atoms with E-state index in [1.54, 1.807) is 48.5 Å². The molecule has 2 rings (SSSR count). The molecule has 31 heavy (non-hydrogen) atoms. The van der Waals surface area contributed by atoms with Crippen molar-refractivity contribution >= 4 is 35.0 Å². The SMILES string of the molecule is NC(=O)c1cccc(NC(=O)CCCCCCCC(=O)Nc2cccc(C(N)=O)c2)c1. The minimum Gasteiger partial charge on any atom is -0.366 e. The molecule has 0 atom stereocenters. The number of benzene rings is 2. The summed E-state index contributed by atoms with van der Waals surface area (Å²) in [7, 11) is 0. The van der Waals surface area contributed by atoms with E-state index in [4.69, 9.17) is 11.5 Å². The third-order valence-electron chi connectivity index (χ3n) is 4.67. The van der Waals surface area contributed by atoms with Crippen molar-refractivity contribution in [2.24, 2.45) is 11.5 Å². The Morgan fingerprint density at radius 3 is 1.39 bits per heavy atom. The Kier molecular flexibility index (Phi) is 9.22. The van der Waals surface area contributed by atoms with Crippen LogP contribution in [0.15, 0.2) is 48.5 Å². The van der Waals surface area contributed by atoms with Crippen LogP contribution in [0.25, 0.3) is 0 Å². The summed E-state index contributed by atoms with van der Waals surface area (Å²) in [5.41, 5.74) is 12.3. The molecule has 8 heteroatoms. The number of hydrogen-bond donors (Lipinski definition) is 4. The van der Waals surface area contributed by atoms with E-state index >= 15 is 0 Å². The summed E-state index contributed by atoms with van der Waals surface area (Å²) in [6.07, 6.45) is 4.96.